The molecule has 0 saturated heterocycles. The third-order valence-electron chi connectivity index (χ3n) is 2.81. The fraction of sp³-hybridized carbons (Fsp3) is 0.357. The maximum Gasteiger partial charge on any atom is 0.233 e. The Kier molecular flexibility index (Phi) is 4.79. The van der Waals surface area contributed by atoms with E-state index < -0.39 is 0 Å². The van der Waals surface area contributed by atoms with Crippen LogP contribution in [-0.4, -0.2) is 32.5 Å². The van der Waals surface area contributed by atoms with Crippen LogP contribution in [0.5, 0.6) is 0 Å². The standard InChI is InChI=1S/C14H18N4OS/c1-4-15-13(19)10(2)20-14-17-16-11(3)18(14)12-8-6-5-7-9-12/h5-10H,4H2,1-3H3,(H,15,19)/t10-/m0/s1. The molecular formula is C14H18N4OS. The van der Waals surface area contributed by atoms with Crippen LogP contribution in [0, 0.1) is 6.92 Å². The van der Waals surface area contributed by atoms with E-state index in [0.29, 0.717) is 6.54 Å². The molecule has 2 rings (SSSR count). The molecular weight excluding hydrogens is 272 g/mol. The minimum atomic E-state index is -0.207. The van der Waals surface area contributed by atoms with Crippen molar-refractivity contribution in [1.82, 2.24) is 20.1 Å². The van der Waals surface area contributed by atoms with E-state index in [1.165, 1.54) is 11.8 Å². The molecule has 0 fully saturated rings. The molecule has 20 heavy (non-hydrogen) atoms. The third-order valence-corrected chi connectivity index (χ3v) is 3.85. The molecule has 1 amide bonds. The summed E-state index contributed by atoms with van der Waals surface area (Å²) in [4.78, 5) is 11.8. The van der Waals surface area contributed by atoms with Gasteiger partial charge in [0.1, 0.15) is 5.82 Å². The molecule has 1 atom stereocenters. The van der Waals surface area contributed by atoms with Gasteiger partial charge in [-0.15, -0.1) is 10.2 Å². The van der Waals surface area contributed by atoms with E-state index in [2.05, 4.69) is 15.5 Å². The number of benzene rings is 1. The first-order valence-corrected chi connectivity index (χ1v) is 7.43. The highest BCUT2D eigenvalue weighted by Gasteiger charge is 2.19. The second-order valence-electron chi connectivity index (χ2n) is 4.36. The molecule has 0 unspecified atom stereocenters. The van der Waals surface area contributed by atoms with Gasteiger partial charge >= 0.3 is 0 Å². The van der Waals surface area contributed by atoms with Gasteiger partial charge in [-0.1, -0.05) is 30.0 Å². The number of hydrogen-bond donors (Lipinski definition) is 1. The zero-order valence-electron chi connectivity index (χ0n) is 11.8. The number of nitrogens with one attached hydrogen (secondary N) is 1. The van der Waals surface area contributed by atoms with Crippen LogP contribution in [0.3, 0.4) is 0 Å². The van der Waals surface area contributed by atoms with Crippen molar-refractivity contribution in [1.29, 1.82) is 0 Å². The fourth-order valence-corrected chi connectivity index (χ4v) is 2.76. The first kappa shape index (κ1) is 14.6. The second-order valence-corrected chi connectivity index (χ2v) is 5.66. The molecule has 5 nitrogen and oxygen atoms in total. The van der Waals surface area contributed by atoms with Crippen molar-refractivity contribution in [3.05, 3.63) is 36.2 Å². The lowest BCUT2D eigenvalue weighted by Crippen LogP contribution is -2.30. The highest BCUT2D eigenvalue weighted by molar-refractivity contribution is 8.00. The average Bonchev–Trinajstić information content (AvgIpc) is 2.81. The van der Waals surface area contributed by atoms with Crippen molar-refractivity contribution in [2.75, 3.05) is 6.54 Å². The van der Waals surface area contributed by atoms with Gasteiger partial charge in [0.25, 0.3) is 0 Å². The van der Waals surface area contributed by atoms with Gasteiger partial charge in [0.15, 0.2) is 5.16 Å². The van der Waals surface area contributed by atoms with E-state index >= 15 is 0 Å². The van der Waals surface area contributed by atoms with Gasteiger partial charge in [0, 0.05) is 12.2 Å². The molecule has 1 aromatic heterocycles. The Morgan fingerprint density at radius 2 is 2.05 bits per heavy atom. The van der Waals surface area contributed by atoms with E-state index in [9.17, 15) is 4.79 Å². The van der Waals surface area contributed by atoms with Gasteiger partial charge in [-0.3, -0.25) is 9.36 Å². The van der Waals surface area contributed by atoms with Crippen LogP contribution >= 0.6 is 11.8 Å². The summed E-state index contributed by atoms with van der Waals surface area (Å²) in [5.41, 5.74) is 1.00. The summed E-state index contributed by atoms with van der Waals surface area (Å²) in [5, 5.41) is 11.6. The molecule has 6 heteroatoms. The molecule has 0 saturated carbocycles. The van der Waals surface area contributed by atoms with Crippen molar-refractivity contribution >= 4 is 17.7 Å². The Balaban J connectivity index is 2.24. The molecule has 1 heterocycles. The third kappa shape index (κ3) is 3.19. The van der Waals surface area contributed by atoms with Gasteiger partial charge in [-0.2, -0.15) is 0 Å². The van der Waals surface area contributed by atoms with Crippen molar-refractivity contribution < 1.29 is 4.79 Å². The van der Waals surface area contributed by atoms with Crippen molar-refractivity contribution in [3.63, 3.8) is 0 Å². The van der Waals surface area contributed by atoms with Gasteiger partial charge in [0.2, 0.25) is 5.91 Å². The van der Waals surface area contributed by atoms with E-state index in [-0.39, 0.29) is 11.2 Å². The van der Waals surface area contributed by atoms with Crippen LogP contribution in [0.25, 0.3) is 5.69 Å². The summed E-state index contributed by atoms with van der Waals surface area (Å²) in [5.74, 6) is 0.819. The maximum atomic E-state index is 11.8. The van der Waals surface area contributed by atoms with Crippen LogP contribution in [0.15, 0.2) is 35.5 Å². The number of rotatable bonds is 5. The normalized spacial score (nSPS) is 12.2. The molecule has 0 bridgehead atoms. The molecule has 1 aromatic carbocycles. The van der Waals surface area contributed by atoms with Crippen molar-refractivity contribution in [2.45, 2.75) is 31.2 Å². The minimum Gasteiger partial charge on any atom is -0.355 e. The molecule has 0 spiro atoms. The molecule has 0 radical (unpaired) electrons. The average molecular weight is 290 g/mol. The minimum absolute atomic E-state index is 0.0118. The summed E-state index contributed by atoms with van der Waals surface area (Å²) >= 11 is 1.41. The number of aryl methyl sites for hydroxylation is 1. The predicted molar refractivity (Wildman–Crippen MR) is 80.1 cm³/mol. The fourth-order valence-electron chi connectivity index (χ4n) is 1.82. The van der Waals surface area contributed by atoms with E-state index in [1.807, 2.05) is 55.7 Å². The monoisotopic (exact) mass is 290 g/mol. The SMILES string of the molecule is CCNC(=O)[C@H](C)Sc1nnc(C)n1-c1ccccc1. The van der Waals surface area contributed by atoms with Gasteiger partial charge < -0.3 is 5.32 Å². The lowest BCUT2D eigenvalue weighted by Gasteiger charge is -2.12. The lowest BCUT2D eigenvalue weighted by molar-refractivity contribution is -0.120. The molecule has 0 aliphatic rings. The number of nitrogens with zero attached hydrogens (tertiary/aromatic N) is 3. The highest BCUT2D eigenvalue weighted by atomic mass is 32.2. The van der Waals surface area contributed by atoms with E-state index in [0.717, 1.165) is 16.7 Å². The maximum absolute atomic E-state index is 11.8. The Morgan fingerprint density at radius 1 is 1.35 bits per heavy atom. The number of carbonyl (C=O) groups is 1. The van der Waals surface area contributed by atoms with Crippen LogP contribution in [0.4, 0.5) is 0 Å². The van der Waals surface area contributed by atoms with E-state index in [1.54, 1.807) is 0 Å². The smallest absolute Gasteiger partial charge is 0.233 e. The van der Waals surface area contributed by atoms with Crippen molar-refractivity contribution in [2.24, 2.45) is 0 Å². The van der Waals surface area contributed by atoms with Crippen LogP contribution in [-0.2, 0) is 4.79 Å². The molecule has 2 aromatic rings. The lowest BCUT2D eigenvalue weighted by atomic mass is 10.3. The highest BCUT2D eigenvalue weighted by Crippen LogP contribution is 2.25. The Morgan fingerprint density at radius 3 is 2.70 bits per heavy atom. The molecule has 0 aliphatic heterocycles. The van der Waals surface area contributed by atoms with Crippen LogP contribution < -0.4 is 5.32 Å². The van der Waals surface area contributed by atoms with Gasteiger partial charge in [-0.25, -0.2) is 0 Å². The number of aromatic nitrogens is 3. The second kappa shape index (κ2) is 6.56. The summed E-state index contributed by atoms with van der Waals surface area (Å²) in [6.07, 6.45) is 0. The zero-order valence-corrected chi connectivity index (χ0v) is 12.6. The largest absolute Gasteiger partial charge is 0.355 e. The molecule has 0 aliphatic carbocycles. The van der Waals surface area contributed by atoms with Crippen LogP contribution in [0.1, 0.15) is 19.7 Å². The Hall–Kier alpha value is -1.82. The number of amides is 1. The number of para-hydroxylation sites is 1. The quantitative estimate of drug-likeness (QED) is 0.858. The number of carbonyl (C=O) groups excluding carboxylic acids is 1. The number of thioether (sulfide) groups is 1. The summed E-state index contributed by atoms with van der Waals surface area (Å²) in [7, 11) is 0. The first-order valence-electron chi connectivity index (χ1n) is 6.55. The summed E-state index contributed by atoms with van der Waals surface area (Å²) < 4.78 is 1.96. The van der Waals surface area contributed by atoms with Crippen LogP contribution in [0.2, 0.25) is 0 Å². The first-order chi connectivity index (χ1) is 9.63. The van der Waals surface area contributed by atoms with Gasteiger partial charge in [-0.05, 0) is 32.9 Å². The number of hydrogen-bond acceptors (Lipinski definition) is 4. The van der Waals surface area contributed by atoms with Gasteiger partial charge in [0.05, 0.1) is 5.25 Å². The molecule has 1 N–H and O–H groups in total. The Labute approximate surface area is 122 Å². The summed E-state index contributed by atoms with van der Waals surface area (Å²) in [6.45, 7) is 6.32. The summed E-state index contributed by atoms with van der Waals surface area (Å²) in [6, 6.07) is 9.90. The molecule has 106 valence electrons. The topological polar surface area (TPSA) is 59.8 Å². The van der Waals surface area contributed by atoms with Crippen molar-refractivity contribution in [3.8, 4) is 5.69 Å². The zero-order chi connectivity index (χ0) is 14.5. The Bertz CT molecular complexity index is 582. The predicted octanol–water partition coefficient (Wildman–Crippen LogP) is 2.19. The van der Waals surface area contributed by atoms with E-state index in [4.69, 9.17) is 0 Å².